The summed E-state index contributed by atoms with van der Waals surface area (Å²) in [7, 11) is 0. The number of ketones is 1. The van der Waals surface area contributed by atoms with Crippen molar-refractivity contribution < 1.29 is 4.79 Å². The van der Waals surface area contributed by atoms with Crippen molar-refractivity contribution in [2.45, 2.75) is 19.8 Å². The first kappa shape index (κ1) is 9.61. The Morgan fingerprint density at radius 1 is 1.55 bits per heavy atom. The molecule has 0 amide bonds. The molecule has 0 aliphatic heterocycles. The molecule has 11 heavy (non-hydrogen) atoms. The number of carbonyl (C=O) groups is 1. The van der Waals surface area contributed by atoms with Crippen LogP contribution in [0.4, 0.5) is 0 Å². The molecule has 0 radical (unpaired) electrons. The van der Waals surface area contributed by atoms with E-state index in [-0.39, 0.29) is 11.7 Å². The summed E-state index contributed by atoms with van der Waals surface area (Å²) in [5.41, 5.74) is 9.96. The summed E-state index contributed by atoms with van der Waals surface area (Å²) in [6.07, 6.45) is 2.55. The molecule has 0 fully saturated rings. The van der Waals surface area contributed by atoms with Gasteiger partial charge >= 0.3 is 0 Å². The SMILES string of the molecule is CC(=O)CCC=NN=C(N)N. The number of hydrogen-bond acceptors (Lipinski definition) is 3. The summed E-state index contributed by atoms with van der Waals surface area (Å²) in [6, 6.07) is 0. The van der Waals surface area contributed by atoms with Gasteiger partial charge in [-0.2, -0.15) is 5.10 Å². The first-order chi connectivity index (χ1) is 5.13. The highest BCUT2D eigenvalue weighted by molar-refractivity contribution is 5.79. The first-order valence-corrected chi connectivity index (χ1v) is 3.23. The van der Waals surface area contributed by atoms with Gasteiger partial charge in [0, 0.05) is 12.6 Å². The van der Waals surface area contributed by atoms with Gasteiger partial charge in [-0.3, -0.25) is 0 Å². The van der Waals surface area contributed by atoms with Gasteiger partial charge in [0.15, 0.2) is 0 Å². The van der Waals surface area contributed by atoms with E-state index in [2.05, 4.69) is 10.2 Å². The number of rotatable bonds is 4. The van der Waals surface area contributed by atoms with Crippen LogP contribution in [0.15, 0.2) is 10.2 Å². The molecule has 0 saturated heterocycles. The van der Waals surface area contributed by atoms with Gasteiger partial charge in [0.25, 0.3) is 0 Å². The van der Waals surface area contributed by atoms with Crippen LogP contribution < -0.4 is 11.5 Å². The van der Waals surface area contributed by atoms with E-state index in [4.69, 9.17) is 11.5 Å². The number of guanidine groups is 1. The number of hydrogen-bond donors (Lipinski definition) is 2. The zero-order chi connectivity index (χ0) is 8.69. The molecule has 0 bridgehead atoms. The van der Waals surface area contributed by atoms with Crippen molar-refractivity contribution in [1.82, 2.24) is 0 Å². The lowest BCUT2D eigenvalue weighted by Crippen LogP contribution is -2.21. The van der Waals surface area contributed by atoms with Crippen LogP contribution in [0.1, 0.15) is 19.8 Å². The summed E-state index contributed by atoms with van der Waals surface area (Å²) in [5.74, 6) is 0.0465. The van der Waals surface area contributed by atoms with Crippen molar-refractivity contribution in [3.8, 4) is 0 Å². The van der Waals surface area contributed by atoms with Crippen molar-refractivity contribution in [2.24, 2.45) is 21.7 Å². The zero-order valence-corrected chi connectivity index (χ0v) is 6.45. The average Bonchev–Trinajstić information content (AvgIpc) is 1.85. The van der Waals surface area contributed by atoms with E-state index >= 15 is 0 Å². The molecular formula is C6H12N4O. The van der Waals surface area contributed by atoms with Crippen molar-refractivity contribution in [2.75, 3.05) is 0 Å². The Hall–Kier alpha value is -1.39. The second kappa shape index (κ2) is 5.40. The van der Waals surface area contributed by atoms with Crippen LogP contribution in [0.5, 0.6) is 0 Å². The monoisotopic (exact) mass is 156 g/mol. The summed E-state index contributed by atoms with van der Waals surface area (Å²) >= 11 is 0. The number of nitrogens with two attached hydrogens (primary N) is 2. The normalized spacial score (nSPS) is 9.91. The van der Waals surface area contributed by atoms with E-state index < -0.39 is 0 Å². The Labute approximate surface area is 65.2 Å². The van der Waals surface area contributed by atoms with E-state index in [1.807, 2.05) is 0 Å². The molecule has 62 valence electrons. The van der Waals surface area contributed by atoms with Gasteiger partial charge in [0.1, 0.15) is 5.78 Å². The van der Waals surface area contributed by atoms with Crippen LogP contribution in [-0.2, 0) is 4.79 Å². The summed E-state index contributed by atoms with van der Waals surface area (Å²) in [6.45, 7) is 1.52. The largest absolute Gasteiger partial charge is 0.369 e. The van der Waals surface area contributed by atoms with E-state index in [1.165, 1.54) is 13.1 Å². The molecular weight excluding hydrogens is 144 g/mol. The van der Waals surface area contributed by atoms with Crippen LogP contribution in [0, 0.1) is 0 Å². The van der Waals surface area contributed by atoms with Crippen LogP contribution in [0.25, 0.3) is 0 Å². The minimum absolute atomic E-state index is 0.0796. The molecule has 0 aliphatic rings. The van der Waals surface area contributed by atoms with E-state index in [1.54, 1.807) is 0 Å². The molecule has 5 nitrogen and oxygen atoms in total. The standard InChI is InChI=1S/C6H12N4O/c1-5(11)3-2-4-9-10-6(7)8/h4H,2-3H2,1H3,(H4,7,8,10). The third-order valence-electron chi connectivity index (χ3n) is 0.880. The Morgan fingerprint density at radius 2 is 2.18 bits per heavy atom. The molecule has 0 aromatic heterocycles. The third kappa shape index (κ3) is 8.61. The van der Waals surface area contributed by atoms with Gasteiger partial charge in [-0.1, -0.05) is 0 Å². The van der Waals surface area contributed by atoms with E-state index in [0.717, 1.165) is 0 Å². The fourth-order valence-electron chi connectivity index (χ4n) is 0.433. The van der Waals surface area contributed by atoms with Gasteiger partial charge in [0.2, 0.25) is 5.96 Å². The van der Waals surface area contributed by atoms with Crippen molar-refractivity contribution in [3.63, 3.8) is 0 Å². The second-order valence-electron chi connectivity index (χ2n) is 2.06. The van der Waals surface area contributed by atoms with Gasteiger partial charge in [-0.15, -0.1) is 5.10 Å². The molecule has 0 unspecified atom stereocenters. The van der Waals surface area contributed by atoms with Gasteiger partial charge in [-0.25, -0.2) is 0 Å². The fraction of sp³-hybridized carbons (Fsp3) is 0.500. The molecule has 0 aromatic rings. The van der Waals surface area contributed by atoms with Crippen LogP contribution in [-0.4, -0.2) is 18.0 Å². The number of carbonyl (C=O) groups excluding carboxylic acids is 1. The van der Waals surface area contributed by atoms with Crippen molar-refractivity contribution in [1.29, 1.82) is 0 Å². The molecule has 0 aromatic carbocycles. The maximum atomic E-state index is 10.4. The molecule has 0 atom stereocenters. The Kier molecular flexibility index (Phi) is 4.72. The topological polar surface area (TPSA) is 93.8 Å². The molecule has 0 saturated carbocycles. The Bertz CT molecular complexity index is 181. The summed E-state index contributed by atoms with van der Waals surface area (Å²) < 4.78 is 0. The third-order valence-corrected chi connectivity index (χ3v) is 0.880. The highest BCUT2D eigenvalue weighted by Crippen LogP contribution is 1.85. The first-order valence-electron chi connectivity index (χ1n) is 3.23. The van der Waals surface area contributed by atoms with Crippen molar-refractivity contribution in [3.05, 3.63) is 0 Å². The smallest absolute Gasteiger partial charge is 0.211 e. The lowest BCUT2D eigenvalue weighted by molar-refractivity contribution is -0.116. The summed E-state index contributed by atoms with van der Waals surface area (Å²) in [5, 5.41) is 6.86. The van der Waals surface area contributed by atoms with E-state index in [0.29, 0.717) is 12.8 Å². The van der Waals surface area contributed by atoms with Crippen LogP contribution in [0.2, 0.25) is 0 Å². The van der Waals surface area contributed by atoms with Crippen LogP contribution >= 0.6 is 0 Å². The molecule has 4 N–H and O–H groups in total. The van der Waals surface area contributed by atoms with Gasteiger partial charge in [0.05, 0.1) is 0 Å². The molecule has 0 spiro atoms. The maximum absolute atomic E-state index is 10.4. The minimum atomic E-state index is -0.0796. The predicted molar refractivity (Wildman–Crippen MR) is 44.2 cm³/mol. The van der Waals surface area contributed by atoms with Crippen LogP contribution in [0.3, 0.4) is 0 Å². The van der Waals surface area contributed by atoms with Gasteiger partial charge < -0.3 is 16.3 Å². The number of Topliss-reactive ketones (excluding diaryl/α,β-unsaturated/α-hetero) is 1. The average molecular weight is 156 g/mol. The Balaban J connectivity index is 3.46. The second-order valence-corrected chi connectivity index (χ2v) is 2.06. The molecule has 5 heteroatoms. The fourth-order valence-corrected chi connectivity index (χ4v) is 0.433. The number of nitrogens with zero attached hydrogens (tertiary/aromatic N) is 2. The van der Waals surface area contributed by atoms with Crippen molar-refractivity contribution >= 4 is 18.0 Å². The lowest BCUT2D eigenvalue weighted by Gasteiger charge is -1.86. The van der Waals surface area contributed by atoms with E-state index in [9.17, 15) is 4.79 Å². The highest BCUT2D eigenvalue weighted by Gasteiger charge is 1.88. The van der Waals surface area contributed by atoms with Gasteiger partial charge in [-0.05, 0) is 13.3 Å². The molecule has 0 aliphatic carbocycles. The Morgan fingerprint density at radius 3 is 2.64 bits per heavy atom. The molecule has 0 rings (SSSR count). The molecule has 0 heterocycles. The lowest BCUT2D eigenvalue weighted by atomic mass is 10.2. The highest BCUT2D eigenvalue weighted by atomic mass is 16.1. The predicted octanol–water partition coefficient (Wildman–Crippen LogP) is -0.385. The minimum Gasteiger partial charge on any atom is -0.369 e. The summed E-state index contributed by atoms with van der Waals surface area (Å²) in [4.78, 5) is 10.4. The maximum Gasteiger partial charge on any atom is 0.211 e. The quantitative estimate of drug-likeness (QED) is 0.330. The zero-order valence-electron chi connectivity index (χ0n) is 6.45.